The lowest BCUT2D eigenvalue weighted by Crippen LogP contribution is -2.22. The third kappa shape index (κ3) is 3.19. The Morgan fingerprint density at radius 2 is 1.58 bits per heavy atom. The smallest absolute Gasteiger partial charge is 0.300 e. The van der Waals surface area contributed by atoms with E-state index in [-0.39, 0.29) is 27.0 Å². The van der Waals surface area contributed by atoms with Gasteiger partial charge in [0.25, 0.3) is 11.8 Å². The molecule has 0 bridgehead atoms. The monoisotopic (exact) mass is 379 g/mol. The third-order valence-corrected chi connectivity index (χ3v) is 4.03. The molecule has 8 heteroatoms. The number of benzene rings is 2. The van der Waals surface area contributed by atoms with E-state index in [4.69, 9.17) is 34.8 Å². The van der Waals surface area contributed by atoms with E-state index in [2.05, 4.69) is 15.5 Å². The molecule has 1 aliphatic heterocycles. The van der Waals surface area contributed by atoms with Crippen LogP contribution in [0.3, 0.4) is 0 Å². The molecule has 0 spiro atoms. The van der Waals surface area contributed by atoms with Gasteiger partial charge in [-0.3, -0.25) is 9.59 Å². The van der Waals surface area contributed by atoms with Gasteiger partial charge in [0.05, 0.1) is 15.6 Å². The first-order valence-electron chi connectivity index (χ1n) is 6.69. The molecule has 1 N–H and O–H groups in total. The first-order valence-corrected chi connectivity index (χ1v) is 7.82. The second-order valence-electron chi connectivity index (χ2n) is 4.79. The summed E-state index contributed by atoms with van der Waals surface area (Å²) in [6, 6.07) is 11.4. The van der Waals surface area contributed by atoms with Crippen molar-refractivity contribution < 1.29 is 9.59 Å². The molecule has 0 atom stereocenters. The molecule has 2 aromatic rings. The topological polar surface area (TPSA) is 70.9 Å². The maximum Gasteiger partial charge on any atom is 0.300 e. The zero-order valence-electron chi connectivity index (χ0n) is 11.9. The molecule has 2 amide bonds. The number of halogens is 3. The zero-order valence-corrected chi connectivity index (χ0v) is 14.2. The van der Waals surface area contributed by atoms with Crippen LogP contribution in [-0.4, -0.2) is 11.8 Å². The van der Waals surface area contributed by atoms with Gasteiger partial charge in [0.2, 0.25) is 0 Å². The number of nitrogens with zero attached hydrogens (tertiary/aromatic N) is 2. The van der Waals surface area contributed by atoms with Crippen molar-refractivity contribution in [3.05, 3.63) is 74.5 Å². The number of hydrogen-bond donors (Lipinski definition) is 1. The molecule has 0 aromatic heterocycles. The predicted molar refractivity (Wildman–Crippen MR) is 92.2 cm³/mol. The molecule has 5 nitrogen and oxygen atoms in total. The van der Waals surface area contributed by atoms with Crippen LogP contribution in [0.15, 0.2) is 58.5 Å². The van der Waals surface area contributed by atoms with Gasteiger partial charge in [-0.2, -0.15) is 0 Å². The Labute approximate surface area is 151 Å². The Balaban J connectivity index is 2.03. The highest BCUT2D eigenvalue weighted by Crippen LogP contribution is 2.37. The van der Waals surface area contributed by atoms with Gasteiger partial charge in [-0.25, -0.2) is 0 Å². The van der Waals surface area contributed by atoms with Crippen LogP contribution in [0.4, 0.5) is 0 Å². The SMILES string of the molecule is O=C1N=NC(NC(=O)c2ccccc2)=C1c1c(Cl)cc(Cl)cc1Cl. The second kappa shape index (κ2) is 6.73. The molecule has 2 aromatic carbocycles. The first kappa shape index (κ1) is 16.6. The normalized spacial score (nSPS) is 13.5. The van der Waals surface area contributed by atoms with Crippen molar-refractivity contribution in [1.29, 1.82) is 0 Å². The van der Waals surface area contributed by atoms with E-state index in [0.717, 1.165) is 0 Å². The Kier molecular flexibility index (Phi) is 4.66. The molecule has 24 heavy (non-hydrogen) atoms. The molecule has 0 unspecified atom stereocenters. The van der Waals surface area contributed by atoms with Crippen molar-refractivity contribution in [3.8, 4) is 0 Å². The summed E-state index contributed by atoms with van der Waals surface area (Å²) in [7, 11) is 0. The first-order chi connectivity index (χ1) is 11.5. The van der Waals surface area contributed by atoms with Crippen LogP contribution in [0.25, 0.3) is 5.57 Å². The standard InChI is InChI=1S/C16H8Cl3N3O2/c17-9-6-10(18)12(11(19)7-9)13-14(21-22-16(13)24)20-15(23)8-4-2-1-3-5-8/h1-7H,(H,20,23). The van der Waals surface area contributed by atoms with Crippen molar-refractivity contribution >= 4 is 52.2 Å². The summed E-state index contributed by atoms with van der Waals surface area (Å²) in [5.41, 5.74) is 0.652. The third-order valence-electron chi connectivity index (χ3n) is 3.22. The number of amides is 2. The fourth-order valence-electron chi connectivity index (χ4n) is 2.16. The van der Waals surface area contributed by atoms with E-state index < -0.39 is 11.8 Å². The number of azo groups is 1. The fourth-order valence-corrected chi connectivity index (χ4v) is 3.17. The Morgan fingerprint density at radius 3 is 2.21 bits per heavy atom. The van der Waals surface area contributed by atoms with Gasteiger partial charge >= 0.3 is 0 Å². The number of carbonyl (C=O) groups is 2. The Bertz CT molecular complexity index is 885. The average molecular weight is 381 g/mol. The molecule has 120 valence electrons. The maximum atomic E-state index is 12.3. The van der Waals surface area contributed by atoms with E-state index >= 15 is 0 Å². The molecule has 0 aliphatic carbocycles. The van der Waals surface area contributed by atoms with Crippen LogP contribution < -0.4 is 5.32 Å². The summed E-state index contributed by atoms with van der Waals surface area (Å²) in [6.07, 6.45) is 0. The van der Waals surface area contributed by atoms with Crippen molar-refractivity contribution in [2.45, 2.75) is 0 Å². The summed E-state index contributed by atoms with van der Waals surface area (Å²) in [5, 5.41) is 10.4. The van der Waals surface area contributed by atoms with Crippen LogP contribution >= 0.6 is 34.8 Å². The largest absolute Gasteiger partial charge is 0.304 e. The van der Waals surface area contributed by atoms with Crippen LogP contribution in [0.5, 0.6) is 0 Å². The fraction of sp³-hybridized carbons (Fsp3) is 0. The molecular formula is C16H8Cl3N3O2. The van der Waals surface area contributed by atoms with Crippen molar-refractivity contribution in [3.63, 3.8) is 0 Å². The molecule has 3 rings (SSSR count). The quantitative estimate of drug-likeness (QED) is 0.835. The van der Waals surface area contributed by atoms with E-state index in [0.29, 0.717) is 10.6 Å². The molecular weight excluding hydrogens is 373 g/mol. The molecule has 0 saturated heterocycles. The van der Waals surface area contributed by atoms with Crippen LogP contribution in [0.2, 0.25) is 15.1 Å². The molecule has 1 heterocycles. The molecule has 0 saturated carbocycles. The molecule has 0 fully saturated rings. The van der Waals surface area contributed by atoms with Crippen LogP contribution in [0.1, 0.15) is 15.9 Å². The number of nitrogens with one attached hydrogen (secondary N) is 1. The number of rotatable bonds is 3. The zero-order chi connectivity index (χ0) is 17.3. The van der Waals surface area contributed by atoms with Gasteiger partial charge in [0.15, 0.2) is 5.82 Å². The Hall–Kier alpha value is -2.21. The second-order valence-corrected chi connectivity index (χ2v) is 6.04. The predicted octanol–water partition coefficient (Wildman–Crippen LogP) is 4.74. The number of hydrogen-bond acceptors (Lipinski definition) is 3. The summed E-state index contributed by atoms with van der Waals surface area (Å²) in [4.78, 5) is 24.3. The molecule has 0 radical (unpaired) electrons. The van der Waals surface area contributed by atoms with E-state index in [1.165, 1.54) is 12.1 Å². The minimum atomic E-state index is -0.649. The highest BCUT2D eigenvalue weighted by atomic mass is 35.5. The summed E-state index contributed by atoms with van der Waals surface area (Å²) in [5.74, 6) is -1.09. The highest BCUT2D eigenvalue weighted by molar-refractivity contribution is 6.43. The van der Waals surface area contributed by atoms with Crippen molar-refractivity contribution in [2.24, 2.45) is 10.2 Å². The van der Waals surface area contributed by atoms with Gasteiger partial charge < -0.3 is 5.32 Å². The average Bonchev–Trinajstić information content (AvgIpc) is 2.88. The summed E-state index contributed by atoms with van der Waals surface area (Å²) < 4.78 is 0. The minimum Gasteiger partial charge on any atom is -0.304 e. The van der Waals surface area contributed by atoms with Crippen LogP contribution in [-0.2, 0) is 4.79 Å². The lowest BCUT2D eigenvalue weighted by molar-refractivity contribution is -0.112. The van der Waals surface area contributed by atoms with E-state index in [1.54, 1.807) is 30.3 Å². The van der Waals surface area contributed by atoms with Gasteiger partial charge in [0.1, 0.15) is 0 Å². The lowest BCUT2D eigenvalue weighted by atomic mass is 10.1. The van der Waals surface area contributed by atoms with E-state index in [9.17, 15) is 9.59 Å². The lowest BCUT2D eigenvalue weighted by Gasteiger charge is -2.10. The van der Waals surface area contributed by atoms with Crippen LogP contribution in [0, 0.1) is 0 Å². The van der Waals surface area contributed by atoms with Gasteiger partial charge in [0, 0.05) is 16.1 Å². The Morgan fingerprint density at radius 1 is 0.958 bits per heavy atom. The summed E-state index contributed by atoms with van der Waals surface area (Å²) >= 11 is 18.2. The minimum absolute atomic E-state index is 0.0139. The van der Waals surface area contributed by atoms with E-state index in [1.807, 2.05) is 0 Å². The van der Waals surface area contributed by atoms with Gasteiger partial charge in [-0.05, 0) is 24.3 Å². The van der Waals surface area contributed by atoms with Crippen molar-refractivity contribution in [2.75, 3.05) is 0 Å². The maximum absolute atomic E-state index is 12.3. The van der Waals surface area contributed by atoms with Gasteiger partial charge in [-0.1, -0.05) is 53.0 Å². The molecule has 1 aliphatic rings. The highest BCUT2D eigenvalue weighted by Gasteiger charge is 2.28. The summed E-state index contributed by atoms with van der Waals surface area (Å²) in [6.45, 7) is 0. The number of carbonyl (C=O) groups excluding carboxylic acids is 2. The van der Waals surface area contributed by atoms with Crippen molar-refractivity contribution in [1.82, 2.24) is 5.32 Å². The van der Waals surface area contributed by atoms with Gasteiger partial charge in [-0.15, -0.1) is 10.2 Å².